The number of hydrogen-bond acceptors (Lipinski definition) is 6. The number of carbonyl (C=O) groups is 2. The van der Waals surface area contributed by atoms with Crippen molar-refractivity contribution in [1.82, 2.24) is 30.5 Å². The Bertz CT molecular complexity index is 1430. The van der Waals surface area contributed by atoms with E-state index in [1.807, 2.05) is 65.0 Å². The molecule has 4 aromatic rings. The SMILES string of the molecule is CC(C)C[C@H](C(=O)NC(C)(C)C)N(C(=O)Cn1nnc(-c2ccc(F)cc2)n1)c1cnc2ccccc2c1. The van der Waals surface area contributed by atoms with Crippen molar-refractivity contribution in [2.24, 2.45) is 5.92 Å². The summed E-state index contributed by atoms with van der Waals surface area (Å²) in [5.41, 5.74) is 1.37. The number of benzene rings is 2. The maximum absolute atomic E-state index is 13.9. The van der Waals surface area contributed by atoms with Gasteiger partial charge in [0.05, 0.1) is 17.4 Å². The Balaban J connectivity index is 1.71. The summed E-state index contributed by atoms with van der Waals surface area (Å²) in [6, 6.07) is 14.4. The average Bonchev–Trinajstić information content (AvgIpc) is 3.31. The van der Waals surface area contributed by atoms with Crippen LogP contribution in [-0.4, -0.2) is 48.6 Å². The Morgan fingerprint density at radius 1 is 1.08 bits per heavy atom. The summed E-state index contributed by atoms with van der Waals surface area (Å²) in [6.45, 7) is 9.46. The molecule has 0 unspecified atom stereocenters. The monoisotopic (exact) mass is 517 g/mol. The number of nitrogens with one attached hydrogen (secondary N) is 1. The fourth-order valence-corrected chi connectivity index (χ4v) is 4.14. The fourth-order valence-electron chi connectivity index (χ4n) is 4.14. The molecule has 1 atom stereocenters. The van der Waals surface area contributed by atoms with Crippen LogP contribution in [0.1, 0.15) is 41.0 Å². The topological polar surface area (TPSA) is 106 Å². The van der Waals surface area contributed by atoms with Crippen LogP contribution in [0, 0.1) is 11.7 Å². The summed E-state index contributed by atoms with van der Waals surface area (Å²) in [5, 5.41) is 16.2. The van der Waals surface area contributed by atoms with Gasteiger partial charge in [0, 0.05) is 16.5 Å². The van der Waals surface area contributed by atoms with E-state index in [-0.39, 0.29) is 35.9 Å². The highest BCUT2D eigenvalue weighted by molar-refractivity contribution is 6.01. The summed E-state index contributed by atoms with van der Waals surface area (Å²) in [7, 11) is 0. The summed E-state index contributed by atoms with van der Waals surface area (Å²) in [4.78, 5) is 34.6. The average molecular weight is 518 g/mol. The number of amides is 2. The molecule has 38 heavy (non-hydrogen) atoms. The Kier molecular flexibility index (Phi) is 7.80. The minimum absolute atomic E-state index is 0.129. The molecule has 0 aliphatic carbocycles. The Morgan fingerprint density at radius 3 is 2.47 bits per heavy atom. The molecule has 0 aliphatic rings. The minimum atomic E-state index is -0.787. The number of halogens is 1. The standard InChI is InChI=1S/C28H32FN7O2/c1-18(2)14-24(27(38)31-28(3,4)5)36(22-15-20-8-6-7-9-23(20)30-16-22)25(37)17-35-33-26(32-34-35)19-10-12-21(29)13-11-19/h6-13,15-16,18,24H,14,17H2,1-5H3,(H,31,38)/t24-/m1/s1. The van der Waals surface area contributed by atoms with E-state index in [9.17, 15) is 14.0 Å². The van der Waals surface area contributed by atoms with Crippen LogP contribution in [0.5, 0.6) is 0 Å². The van der Waals surface area contributed by atoms with E-state index in [0.29, 0.717) is 17.7 Å². The largest absolute Gasteiger partial charge is 0.350 e. The number of rotatable bonds is 8. The van der Waals surface area contributed by atoms with Crippen LogP contribution in [0.4, 0.5) is 10.1 Å². The van der Waals surface area contributed by atoms with Crippen molar-refractivity contribution in [1.29, 1.82) is 0 Å². The third-order valence-electron chi connectivity index (χ3n) is 5.76. The number of para-hydroxylation sites is 1. The predicted molar refractivity (Wildman–Crippen MR) is 144 cm³/mol. The van der Waals surface area contributed by atoms with Crippen LogP contribution in [-0.2, 0) is 16.1 Å². The quantitative estimate of drug-likeness (QED) is 0.372. The zero-order valence-corrected chi connectivity index (χ0v) is 22.2. The van der Waals surface area contributed by atoms with E-state index >= 15 is 0 Å². The molecule has 2 heterocycles. The lowest BCUT2D eigenvalue weighted by molar-refractivity contribution is -0.128. The summed E-state index contributed by atoms with van der Waals surface area (Å²) >= 11 is 0. The van der Waals surface area contributed by atoms with Gasteiger partial charge in [-0.2, -0.15) is 4.80 Å². The molecule has 0 bridgehead atoms. The highest BCUT2D eigenvalue weighted by Crippen LogP contribution is 2.26. The van der Waals surface area contributed by atoms with Gasteiger partial charge in [-0.05, 0) is 74.7 Å². The minimum Gasteiger partial charge on any atom is -0.350 e. The number of fused-ring (bicyclic) bond motifs is 1. The third-order valence-corrected chi connectivity index (χ3v) is 5.76. The first-order valence-corrected chi connectivity index (χ1v) is 12.5. The van der Waals surface area contributed by atoms with Gasteiger partial charge in [-0.15, -0.1) is 10.2 Å². The summed E-state index contributed by atoms with van der Waals surface area (Å²) in [6.07, 6.45) is 2.04. The predicted octanol–water partition coefficient (Wildman–Crippen LogP) is 4.39. The molecule has 1 N–H and O–H groups in total. The molecule has 2 amide bonds. The van der Waals surface area contributed by atoms with Gasteiger partial charge in [0.2, 0.25) is 11.7 Å². The number of hydrogen-bond donors (Lipinski definition) is 1. The molecule has 9 nitrogen and oxygen atoms in total. The second-order valence-corrected chi connectivity index (χ2v) is 10.7. The van der Waals surface area contributed by atoms with Gasteiger partial charge >= 0.3 is 0 Å². The van der Waals surface area contributed by atoms with Crippen molar-refractivity contribution < 1.29 is 14.0 Å². The first kappa shape index (κ1) is 26.8. The highest BCUT2D eigenvalue weighted by atomic mass is 19.1. The smallest absolute Gasteiger partial charge is 0.251 e. The number of aromatic nitrogens is 5. The lowest BCUT2D eigenvalue weighted by Gasteiger charge is -2.34. The number of nitrogens with zero attached hydrogens (tertiary/aromatic N) is 6. The lowest BCUT2D eigenvalue weighted by Crippen LogP contribution is -2.55. The molecular formula is C28H32FN7O2. The molecule has 0 fully saturated rings. The van der Waals surface area contributed by atoms with Crippen LogP contribution in [0.15, 0.2) is 60.8 Å². The number of pyridine rings is 1. The van der Waals surface area contributed by atoms with E-state index in [2.05, 4.69) is 25.7 Å². The number of carbonyl (C=O) groups excluding carboxylic acids is 2. The van der Waals surface area contributed by atoms with Crippen LogP contribution < -0.4 is 10.2 Å². The molecule has 0 radical (unpaired) electrons. The fraction of sp³-hybridized carbons (Fsp3) is 0.357. The maximum Gasteiger partial charge on any atom is 0.251 e. The molecular weight excluding hydrogens is 485 g/mol. The first-order valence-electron chi connectivity index (χ1n) is 12.5. The van der Waals surface area contributed by atoms with E-state index in [4.69, 9.17) is 0 Å². The van der Waals surface area contributed by atoms with Crippen LogP contribution in [0.2, 0.25) is 0 Å². The Morgan fingerprint density at radius 2 is 1.79 bits per heavy atom. The highest BCUT2D eigenvalue weighted by Gasteiger charge is 2.34. The molecule has 2 aromatic carbocycles. The van der Waals surface area contributed by atoms with E-state index < -0.39 is 11.6 Å². The summed E-state index contributed by atoms with van der Waals surface area (Å²) in [5.74, 6) is -0.628. The molecule has 10 heteroatoms. The van der Waals surface area contributed by atoms with Crippen LogP contribution in [0.3, 0.4) is 0 Å². The second-order valence-electron chi connectivity index (χ2n) is 10.7. The van der Waals surface area contributed by atoms with Crippen molar-refractivity contribution in [3.63, 3.8) is 0 Å². The van der Waals surface area contributed by atoms with Gasteiger partial charge in [0.25, 0.3) is 5.91 Å². The molecule has 4 rings (SSSR count). The van der Waals surface area contributed by atoms with Gasteiger partial charge in [0.1, 0.15) is 18.4 Å². The Hall–Kier alpha value is -4.21. The van der Waals surface area contributed by atoms with Crippen LogP contribution in [0.25, 0.3) is 22.3 Å². The van der Waals surface area contributed by atoms with Crippen molar-refractivity contribution in [3.8, 4) is 11.4 Å². The number of tetrazole rings is 1. The normalized spacial score (nSPS) is 12.5. The maximum atomic E-state index is 13.9. The molecule has 0 spiro atoms. The van der Waals surface area contributed by atoms with Gasteiger partial charge in [0.15, 0.2) is 0 Å². The van der Waals surface area contributed by atoms with Gasteiger partial charge in [-0.25, -0.2) is 4.39 Å². The van der Waals surface area contributed by atoms with E-state index in [1.54, 1.807) is 18.3 Å². The molecule has 198 valence electrons. The van der Waals surface area contributed by atoms with E-state index in [1.165, 1.54) is 21.8 Å². The first-order chi connectivity index (χ1) is 18.0. The molecule has 0 saturated carbocycles. The van der Waals surface area contributed by atoms with Gasteiger partial charge in [-0.1, -0.05) is 32.0 Å². The second kappa shape index (κ2) is 11.0. The van der Waals surface area contributed by atoms with E-state index in [0.717, 1.165) is 10.9 Å². The van der Waals surface area contributed by atoms with Crippen molar-refractivity contribution >= 4 is 28.4 Å². The van der Waals surface area contributed by atoms with Gasteiger partial charge < -0.3 is 5.32 Å². The summed E-state index contributed by atoms with van der Waals surface area (Å²) < 4.78 is 13.3. The third kappa shape index (κ3) is 6.56. The zero-order chi connectivity index (χ0) is 27.4. The molecule has 0 aliphatic heterocycles. The lowest BCUT2D eigenvalue weighted by atomic mass is 9.99. The van der Waals surface area contributed by atoms with Crippen molar-refractivity contribution in [3.05, 3.63) is 66.6 Å². The Labute approximate surface area is 221 Å². The molecule has 0 saturated heterocycles. The van der Waals surface area contributed by atoms with Crippen LogP contribution >= 0.6 is 0 Å². The number of anilines is 1. The van der Waals surface area contributed by atoms with Crippen molar-refractivity contribution in [2.45, 2.75) is 59.2 Å². The van der Waals surface area contributed by atoms with Crippen molar-refractivity contribution in [2.75, 3.05) is 4.90 Å². The van der Waals surface area contributed by atoms with Gasteiger partial charge in [-0.3, -0.25) is 19.5 Å². The zero-order valence-electron chi connectivity index (χ0n) is 22.2. The molecule has 2 aromatic heterocycles.